The number of nitrogens with one attached hydrogen (secondary N) is 2. The molecule has 1 rings (SSSR count). The molecule has 1 saturated carbocycles. The zero-order valence-electron chi connectivity index (χ0n) is 16.9. The minimum atomic E-state index is -3.30. The van der Waals surface area contributed by atoms with Gasteiger partial charge in [0, 0.05) is 0 Å². The van der Waals surface area contributed by atoms with Crippen LogP contribution in [0.2, 0.25) is 0 Å². The molecule has 7 heteroatoms. The first-order valence-corrected chi connectivity index (χ1v) is 11.5. The lowest BCUT2D eigenvalue weighted by Gasteiger charge is -2.44. The van der Waals surface area contributed by atoms with Crippen molar-refractivity contribution in [3.63, 3.8) is 0 Å². The van der Waals surface area contributed by atoms with E-state index in [0.29, 0.717) is 25.7 Å². The lowest BCUT2D eigenvalue weighted by atomic mass is 9.78. The van der Waals surface area contributed by atoms with Gasteiger partial charge in [-0.25, -0.2) is 13.2 Å². The van der Waals surface area contributed by atoms with Gasteiger partial charge in [0.25, 0.3) is 0 Å². The van der Waals surface area contributed by atoms with Gasteiger partial charge in [0.05, 0.1) is 22.6 Å². The summed E-state index contributed by atoms with van der Waals surface area (Å²) in [5.74, 6) is 0.134. The summed E-state index contributed by atoms with van der Waals surface area (Å²) in [7, 11) is -3.30. The Morgan fingerprint density at radius 1 is 1.15 bits per heavy atom. The van der Waals surface area contributed by atoms with Crippen LogP contribution in [0.15, 0.2) is 0 Å². The van der Waals surface area contributed by atoms with Gasteiger partial charge in [-0.15, -0.1) is 0 Å². The van der Waals surface area contributed by atoms with Crippen molar-refractivity contribution in [2.24, 2.45) is 5.41 Å². The van der Waals surface area contributed by atoms with Crippen molar-refractivity contribution in [3.8, 4) is 0 Å². The summed E-state index contributed by atoms with van der Waals surface area (Å²) in [5.41, 5.74) is -1.16. The zero-order valence-corrected chi connectivity index (χ0v) is 17.7. The van der Waals surface area contributed by atoms with Crippen LogP contribution >= 0.6 is 0 Å². The van der Waals surface area contributed by atoms with E-state index in [1.54, 1.807) is 0 Å². The quantitative estimate of drug-likeness (QED) is 0.625. The Morgan fingerprint density at radius 3 is 2.15 bits per heavy atom. The fourth-order valence-corrected chi connectivity index (χ4v) is 6.33. The van der Waals surface area contributed by atoms with Crippen molar-refractivity contribution in [1.29, 1.82) is 0 Å². The summed E-state index contributed by atoms with van der Waals surface area (Å²) in [4.78, 5) is 24.0. The van der Waals surface area contributed by atoms with Gasteiger partial charge in [-0.05, 0) is 31.1 Å². The summed E-state index contributed by atoms with van der Waals surface area (Å²) in [6, 6.07) is -1.08. The third-order valence-corrected chi connectivity index (χ3v) is 8.00. The third-order valence-electron chi connectivity index (χ3n) is 5.37. The number of urea groups is 1. The van der Waals surface area contributed by atoms with E-state index in [9.17, 15) is 18.0 Å². The minimum Gasteiger partial charge on any atom is -0.331 e. The van der Waals surface area contributed by atoms with Crippen LogP contribution in [0.5, 0.6) is 0 Å². The van der Waals surface area contributed by atoms with Crippen molar-refractivity contribution in [1.82, 2.24) is 10.6 Å². The maximum atomic E-state index is 12.9. The second kappa shape index (κ2) is 9.20. The molecule has 0 bridgehead atoms. The van der Waals surface area contributed by atoms with Gasteiger partial charge in [-0.3, -0.25) is 0 Å². The summed E-state index contributed by atoms with van der Waals surface area (Å²) >= 11 is 0. The average Bonchev–Trinajstić information content (AvgIpc) is 2.52. The molecule has 2 atom stereocenters. The van der Waals surface area contributed by atoms with Gasteiger partial charge in [0.15, 0.2) is 9.84 Å². The molecule has 2 unspecified atom stereocenters. The molecule has 1 aliphatic rings. The number of hydrogen-bond donors (Lipinski definition) is 2. The van der Waals surface area contributed by atoms with Crippen LogP contribution in [-0.4, -0.2) is 43.3 Å². The van der Waals surface area contributed by atoms with Gasteiger partial charge >= 0.3 is 6.03 Å². The van der Waals surface area contributed by atoms with E-state index in [1.165, 1.54) is 0 Å². The number of sulfone groups is 1. The topological polar surface area (TPSA) is 92.3 Å². The molecule has 0 spiro atoms. The molecule has 0 aromatic carbocycles. The minimum absolute atomic E-state index is 0.134. The van der Waals surface area contributed by atoms with Crippen molar-refractivity contribution in [2.75, 3.05) is 5.75 Å². The van der Waals surface area contributed by atoms with Crippen molar-refractivity contribution in [2.45, 2.75) is 96.4 Å². The molecule has 0 saturated heterocycles. The molecule has 152 valence electrons. The Kier molecular flexibility index (Phi) is 8.11. The van der Waals surface area contributed by atoms with Gasteiger partial charge in [0.2, 0.25) is 0 Å². The molecule has 26 heavy (non-hydrogen) atoms. The number of amides is 2. The highest BCUT2D eigenvalue weighted by Gasteiger charge is 2.46. The Labute approximate surface area is 158 Å². The lowest BCUT2D eigenvalue weighted by molar-refractivity contribution is -0.111. The van der Waals surface area contributed by atoms with Crippen LogP contribution in [0, 0.1) is 5.41 Å². The van der Waals surface area contributed by atoms with E-state index in [2.05, 4.69) is 10.6 Å². The molecule has 2 N–H and O–H groups in total. The molecule has 0 aromatic heterocycles. The first-order chi connectivity index (χ1) is 12.0. The Hall–Kier alpha value is -1.11. The van der Waals surface area contributed by atoms with Gasteiger partial charge < -0.3 is 15.4 Å². The normalized spacial score (nSPS) is 20.0. The first-order valence-electron chi connectivity index (χ1n) is 9.78. The van der Waals surface area contributed by atoms with E-state index in [0.717, 1.165) is 25.5 Å². The standard InChI is InChI=1S/C19H36N2O4S/c1-6-13-26(24,25)16(7-2)19(11-9-8-10-12-19)21-17(23)20-15(14-22)18(3,4)5/h14-16H,6-13H2,1-5H3,(H2,20,21,23). The second-order valence-electron chi connectivity index (χ2n) is 8.56. The molecule has 0 aliphatic heterocycles. The van der Waals surface area contributed by atoms with Gasteiger partial charge in [-0.2, -0.15) is 0 Å². The molecule has 2 amide bonds. The van der Waals surface area contributed by atoms with Crippen molar-refractivity contribution in [3.05, 3.63) is 0 Å². The van der Waals surface area contributed by atoms with Crippen LogP contribution in [0.25, 0.3) is 0 Å². The number of carbonyl (C=O) groups is 2. The molecule has 6 nitrogen and oxygen atoms in total. The van der Waals surface area contributed by atoms with Crippen molar-refractivity contribution < 1.29 is 18.0 Å². The summed E-state index contributed by atoms with van der Waals surface area (Å²) in [6.45, 7) is 9.36. The zero-order chi connectivity index (χ0) is 20.0. The fourth-order valence-electron chi connectivity index (χ4n) is 3.98. The highest BCUT2D eigenvalue weighted by molar-refractivity contribution is 7.92. The van der Waals surface area contributed by atoms with E-state index in [1.807, 2.05) is 34.6 Å². The smallest absolute Gasteiger partial charge is 0.315 e. The summed E-state index contributed by atoms with van der Waals surface area (Å²) in [6.07, 6.45) is 5.93. The van der Waals surface area contributed by atoms with E-state index < -0.39 is 38.1 Å². The first kappa shape index (κ1) is 22.9. The van der Waals surface area contributed by atoms with Gasteiger partial charge in [0.1, 0.15) is 6.29 Å². The molecule has 1 fully saturated rings. The molecule has 0 radical (unpaired) electrons. The molecular formula is C19H36N2O4S. The van der Waals surface area contributed by atoms with Crippen LogP contribution in [0.4, 0.5) is 4.79 Å². The number of hydrogen-bond acceptors (Lipinski definition) is 4. The largest absolute Gasteiger partial charge is 0.331 e. The molecular weight excluding hydrogens is 352 g/mol. The van der Waals surface area contributed by atoms with E-state index >= 15 is 0 Å². The monoisotopic (exact) mass is 388 g/mol. The predicted octanol–water partition coefficient (Wildman–Crippen LogP) is 3.21. The molecule has 0 heterocycles. The van der Waals surface area contributed by atoms with E-state index in [4.69, 9.17) is 0 Å². The number of aldehydes is 1. The maximum Gasteiger partial charge on any atom is 0.315 e. The van der Waals surface area contributed by atoms with Crippen LogP contribution in [0.1, 0.15) is 79.6 Å². The molecule has 1 aliphatic carbocycles. The summed E-state index contributed by atoms with van der Waals surface area (Å²) in [5, 5.41) is 5.13. The Balaban J connectivity index is 3.09. The lowest BCUT2D eigenvalue weighted by Crippen LogP contribution is -2.63. The van der Waals surface area contributed by atoms with Crippen LogP contribution in [0.3, 0.4) is 0 Å². The SMILES string of the molecule is CCCS(=O)(=O)C(CC)C1(NC(=O)NC(C=O)C(C)(C)C)CCCCC1. The van der Waals surface area contributed by atoms with E-state index in [-0.39, 0.29) is 5.75 Å². The Morgan fingerprint density at radius 2 is 1.73 bits per heavy atom. The third kappa shape index (κ3) is 5.69. The highest BCUT2D eigenvalue weighted by atomic mass is 32.2. The average molecular weight is 389 g/mol. The Bertz CT molecular complexity index is 575. The van der Waals surface area contributed by atoms with Crippen LogP contribution < -0.4 is 10.6 Å². The fraction of sp³-hybridized carbons (Fsp3) is 0.895. The number of rotatable bonds is 8. The maximum absolute atomic E-state index is 12.9. The summed E-state index contributed by atoms with van der Waals surface area (Å²) < 4.78 is 25.7. The highest BCUT2D eigenvalue weighted by Crippen LogP contribution is 2.36. The molecule has 0 aromatic rings. The van der Waals surface area contributed by atoms with Crippen molar-refractivity contribution >= 4 is 22.2 Å². The predicted molar refractivity (Wildman–Crippen MR) is 105 cm³/mol. The van der Waals surface area contributed by atoms with Gasteiger partial charge in [-0.1, -0.05) is 53.9 Å². The second-order valence-corrected chi connectivity index (χ2v) is 10.9. The van der Waals surface area contributed by atoms with Crippen LogP contribution in [-0.2, 0) is 14.6 Å². The number of carbonyl (C=O) groups excluding carboxylic acids is 2.